The second-order valence-corrected chi connectivity index (χ2v) is 6.73. The van der Waals surface area contributed by atoms with Crippen LogP contribution in [0.3, 0.4) is 0 Å². The fourth-order valence-electron chi connectivity index (χ4n) is 1.81. The fraction of sp³-hybridized carbons (Fsp3) is 0.357. The molecule has 0 atom stereocenters. The molecule has 1 aromatic heterocycles. The molecule has 0 aliphatic carbocycles. The van der Waals surface area contributed by atoms with E-state index >= 15 is 0 Å². The minimum Gasteiger partial charge on any atom is -0.315 e. The van der Waals surface area contributed by atoms with Crippen molar-refractivity contribution < 1.29 is 13.2 Å². The van der Waals surface area contributed by atoms with Gasteiger partial charge in [-0.1, -0.05) is 17.7 Å². The summed E-state index contributed by atoms with van der Waals surface area (Å²) in [4.78, 5) is 5.05. The van der Waals surface area contributed by atoms with Crippen molar-refractivity contribution in [3.63, 3.8) is 0 Å². The lowest BCUT2D eigenvalue weighted by Crippen LogP contribution is -2.12. The maximum atomic E-state index is 12.9. The molecule has 2 aromatic rings. The van der Waals surface area contributed by atoms with Crippen LogP contribution in [0.25, 0.3) is 0 Å². The summed E-state index contributed by atoms with van der Waals surface area (Å²) in [7, 11) is 1.63. The zero-order valence-electron chi connectivity index (χ0n) is 11.6. The average Bonchev–Trinajstić information content (AvgIpc) is 2.80. The van der Waals surface area contributed by atoms with E-state index in [2.05, 4.69) is 10.3 Å². The largest absolute Gasteiger partial charge is 0.434 e. The first-order valence-electron chi connectivity index (χ1n) is 6.30. The number of aryl methyl sites for hydroxylation is 1. The molecular weight excluding hydrogens is 317 g/mol. The Bertz CT molecular complexity index is 609. The van der Waals surface area contributed by atoms with Gasteiger partial charge in [0, 0.05) is 11.4 Å². The van der Waals surface area contributed by atoms with E-state index in [1.807, 2.05) is 31.2 Å². The van der Waals surface area contributed by atoms with E-state index in [1.54, 1.807) is 7.05 Å². The van der Waals surface area contributed by atoms with Gasteiger partial charge in [0.25, 0.3) is 0 Å². The molecule has 7 heteroatoms. The normalized spacial score (nSPS) is 11.9. The molecule has 2 nitrogen and oxygen atoms in total. The van der Waals surface area contributed by atoms with Crippen LogP contribution < -0.4 is 5.32 Å². The third-order valence-corrected chi connectivity index (χ3v) is 4.94. The number of nitrogens with one attached hydrogen (secondary N) is 1. The highest BCUT2D eigenvalue weighted by Crippen LogP contribution is 2.36. The number of halogens is 3. The van der Waals surface area contributed by atoms with Gasteiger partial charge in [0.1, 0.15) is 5.01 Å². The number of benzene rings is 1. The van der Waals surface area contributed by atoms with Crippen LogP contribution in [-0.2, 0) is 18.5 Å². The van der Waals surface area contributed by atoms with Gasteiger partial charge in [-0.2, -0.15) is 13.2 Å². The Balaban J connectivity index is 2.13. The van der Waals surface area contributed by atoms with Crippen LogP contribution >= 0.6 is 23.1 Å². The van der Waals surface area contributed by atoms with Crippen LogP contribution in [0.15, 0.2) is 29.2 Å². The molecule has 1 aromatic carbocycles. The van der Waals surface area contributed by atoms with Crippen molar-refractivity contribution in [3.05, 3.63) is 45.4 Å². The summed E-state index contributed by atoms with van der Waals surface area (Å²) in [6, 6.07) is 7.88. The lowest BCUT2D eigenvalue weighted by molar-refractivity contribution is -0.141. The van der Waals surface area contributed by atoms with Gasteiger partial charge >= 0.3 is 6.18 Å². The molecule has 0 aliphatic rings. The Morgan fingerprint density at radius 2 is 2.10 bits per heavy atom. The summed E-state index contributed by atoms with van der Waals surface area (Å²) >= 11 is 2.62. The Hall–Kier alpha value is -1.05. The molecule has 114 valence electrons. The number of thioether (sulfide) groups is 1. The second kappa shape index (κ2) is 6.81. The molecule has 0 bridgehead atoms. The minimum atomic E-state index is -4.39. The maximum absolute atomic E-state index is 12.9. The number of rotatable bonds is 5. The first-order valence-corrected chi connectivity index (χ1v) is 8.10. The molecule has 0 spiro atoms. The fourth-order valence-corrected chi connectivity index (χ4v) is 3.92. The zero-order valence-corrected chi connectivity index (χ0v) is 13.3. The predicted molar refractivity (Wildman–Crippen MR) is 80.6 cm³/mol. The van der Waals surface area contributed by atoms with Crippen LogP contribution in [0.2, 0.25) is 0 Å². The van der Waals surface area contributed by atoms with Crippen molar-refractivity contribution in [2.24, 2.45) is 0 Å². The molecule has 1 heterocycles. The van der Waals surface area contributed by atoms with Gasteiger partial charge in [0.2, 0.25) is 0 Å². The van der Waals surface area contributed by atoms with Crippen molar-refractivity contribution in [3.8, 4) is 0 Å². The first-order chi connectivity index (χ1) is 9.90. The van der Waals surface area contributed by atoms with E-state index < -0.39 is 11.9 Å². The molecule has 0 aliphatic heterocycles. The number of hydrogen-bond donors (Lipinski definition) is 1. The van der Waals surface area contributed by atoms with Crippen molar-refractivity contribution in [2.75, 3.05) is 7.05 Å². The van der Waals surface area contributed by atoms with Crippen LogP contribution in [0.1, 0.15) is 21.1 Å². The molecule has 0 saturated heterocycles. The van der Waals surface area contributed by atoms with E-state index in [1.165, 1.54) is 11.8 Å². The zero-order chi connectivity index (χ0) is 15.5. The highest BCUT2D eigenvalue weighted by atomic mass is 32.2. The van der Waals surface area contributed by atoms with E-state index in [9.17, 15) is 13.2 Å². The third kappa shape index (κ3) is 4.46. The van der Waals surface area contributed by atoms with Crippen LogP contribution in [0.5, 0.6) is 0 Å². The Kier molecular flexibility index (Phi) is 5.29. The molecule has 2 rings (SSSR count). The van der Waals surface area contributed by atoms with E-state index in [0.29, 0.717) is 10.8 Å². The number of alkyl halides is 3. The Labute approximate surface area is 129 Å². The van der Waals surface area contributed by atoms with Gasteiger partial charge in [0.05, 0.1) is 10.6 Å². The van der Waals surface area contributed by atoms with E-state index in [-0.39, 0.29) is 11.4 Å². The SMILES string of the molecule is CNCc1sc(CSc2cccc(C)c2)nc1C(F)(F)F. The highest BCUT2D eigenvalue weighted by molar-refractivity contribution is 7.98. The van der Waals surface area contributed by atoms with Crippen molar-refractivity contribution >= 4 is 23.1 Å². The van der Waals surface area contributed by atoms with Gasteiger partial charge < -0.3 is 5.32 Å². The predicted octanol–water partition coefficient (Wildman–Crippen LogP) is 4.48. The summed E-state index contributed by atoms with van der Waals surface area (Å²) in [5.74, 6) is 0.445. The van der Waals surface area contributed by atoms with Crippen LogP contribution in [0, 0.1) is 6.92 Å². The summed E-state index contributed by atoms with van der Waals surface area (Å²) < 4.78 is 38.7. The molecule has 0 radical (unpaired) electrons. The molecule has 0 amide bonds. The highest BCUT2D eigenvalue weighted by Gasteiger charge is 2.37. The minimum absolute atomic E-state index is 0.182. The molecular formula is C14H15F3N2S2. The van der Waals surface area contributed by atoms with Gasteiger partial charge in [-0.3, -0.25) is 0 Å². The van der Waals surface area contributed by atoms with Crippen LogP contribution in [-0.4, -0.2) is 12.0 Å². The number of nitrogens with zero attached hydrogens (tertiary/aromatic N) is 1. The quantitative estimate of drug-likeness (QED) is 0.817. The summed E-state index contributed by atoms with van der Waals surface area (Å²) in [6.07, 6.45) is -4.39. The first kappa shape index (κ1) is 16.3. The summed E-state index contributed by atoms with van der Waals surface area (Å²) in [5.41, 5.74) is 0.368. The topological polar surface area (TPSA) is 24.9 Å². The number of aromatic nitrogens is 1. The Morgan fingerprint density at radius 3 is 2.71 bits per heavy atom. The van der Waals surface area contributed by atoms with Gasteiger partial charge in [-0.25, -0.2) is 4.98 Å². The molecule has 21 heavy (non-hydrogen) atoms. The lowest BCUT2D eigenvalue weighted by atomic mass is 10.2. The number of thiazole rings is 1. The van der Waals surface area contributed by atoms with E-state index in [0.717, 1.165) is 21.8 Å². The second-order valence-electron chi connectivity index (χ2n) is 4.51. The third-order valence-electron chi connectivity index (χ3n) is 2.70. The molecule has 0 fully saturated rings. The molecule has 0 unspecified atom stereocenters. The van der Waals surface area contributed by atoms with Gasteiger partial charge in [-0.15, -0.1) is 23.1 Å². The lowest BCUT2D eigenvalue weighted by Gasteiger charge is -2.04. The van der Waals surface area contributed by atoms with Crippen molar-refractivity contribution in [1.29, 1.82) is 0 Å². The molecule has 0 saturated carbocycles. The standard InChI is InChI=1S/C14H15F3N2S2/c1-9-4-3-5-10(6-9)20-8-12-19-13(14(15,16)17)11(21-12)7-18-2/h3-6,18H,7-8H2,1-2H3. The summed E-state index contributed by atoms with van der Waals surface area (Å²) in [5, 5.41) is 3.25. The number of hydrogen-bond acceptors (Lipinski definition) is 4. The average molecular weight is 332 g/mol. The van der Waals surface area contributed by atoms with E-state index in [4.69, 9.17) is 0 Å². The Morgan fingerprint density at radius 1 is 1.33 bits per heavy atom. The monoisotopic (exact) mass is 332 g/mol. The smallest absolute Gasteiger partial charge is 0.315 e. The van der Waals surface area contributed by atoms with Crippen LogP contribution in [0.4, 0.5) is 13.2 Å². The van der Waals surface area contributed by atoms with Crippen molar-refractivity contribution in [1.82, 2.24) is 10.3 Å². The summed E-state index contributed by atoms with van der Waals surface area (Å²) in [6.45, 7) is 2.17. The maximum Gasteiger partial charge on any atom is 0.434 e. The van der Waals surface area contributed by atoms with Gasteiger partial charge in [-0.05, 0) is 26.1 Å². The molecule has 1 N–H and O–H groups in total. The van der Waals surface area contributed by atoms with Gasteiger partial charge in [0.15, 0.2) is 5.69 Å². The van der Waals surface area contributed by atoms with Crippen molar-refractivity contribution in [2.45, 2.75) is 30.3 Å².